The maximum atomic E-state index is 9.76. The average Bonchev–Trinajstić information content (AvgIpc) is 2.92. The summed E-state index contributed by atoms with van der Waals surface area (Å²) >= 11 is 0. The summed E-state index contributed by atoms with van der Waals surface area (Å²) in [5.41, 5.74) is 6.33. The molecule has 4 heteroatoms. The Morgan fingerprint density at radius 3 is 2.83 bits per heavy atom. The number of phenolic OH excluding ortho intramolecular Hbond substituents is 1. The third-order valence-electron chi connectivity index (χ3n) is 4.63. The summed E-state index contributed by atoms with van der Waals surface area (Å²) < 4.78 is 0. The summed E-state index contributed by atoms with van der Waals surface area (Å²) in [5.74, 6) is 0.316. The van der Waals surface area contributed by atoms with E-state index < -0.39 is 0 Å². The molecule has 3 aromatic rings. The molecule has 3 N–H and O–H groups in total. The van der Waals surface area contributed by atoms with Gasteiger partial charge in [0.2, 0.25) is 0 Å². The van der Waals surface area contributed by atoms with Crippen LogP contribution in [0.3, 0.4) is 0 Å². The first-order valence-electron chi connectivity index (χ1n) is 7.92. The lowest BCUT2D eigenvalue weighted by Crippen LogP contribution is -2.30. The zero-order valence-corrected chi connectivity index (χ0v) is 13.9. The summed E-state index contributed by atoms with van der Waals surface area (Å²) in [7, 11) is 0. The van der Waals surface area contributed by atoms with Gasteiger partial charge in [0.15, 0.2) is 0 Å². The van der Waals surface area contributed by atoms with Crippen LogP contribution >= 0.6 is 12.4 Å². The molecule has 0 saturated carbocycles. The molecule has 0 amide bonds. The lowest BCUT2D eigenvalue weighted by Gasteiger charge is -2.25. The molecule has 0 bridgehead atoms. The molecule has 0 radical (unpaired) electrons. The Bertz CT molecular complexity index is 841. The predicted octanol–water partition coefficient (Wildman–Crippen LogP) is 4.09. The Morgan fingerprint density at radius 2 is 2.04 bits per heavy atom. The molecular formula is C19H21ClN2O. The molecule has 0 aliphatic carbocycles. The summed E-state index contributed by atoms with van der Waals surface area (Å²) in [6.07, 6.45) is 2.10. The van der Waals surface area contributed by atoms with Gasteiger partial charge in [-0.05, 0) is 53.8 Å². The number of aromatic amines is 1. The summed E-state index contributed by atoms with van der Waals surface area (Å²) in [5, 5.41) is 14.7. The highest BCUT2D eigenvalue weighted by Gasteiger charge is 2.25. The molecule has 3 nitrogen and oxygen atoms in total. The molecule has 2 heterocycles. The van der Waals surface area contributed by atoms with E-state index in [1.165, 1.54) is 27.7 Å². The summed E-state index contributed by atoms with van der Waals surface area (Å²) in [6, 6.07) is 14.3. The molecule has 1 aliphatic rings. The number of aryl methyl sites for hydroxylation is 1. The van der Waals surface area contributed by atoms with E-state index >= 15 is 0 Å². The van der Waals surface area contributed by atoms with Crippen LogP contribution in [0.5, 0.6) is 5.75 Å². The molecule has 1 aromatic heterocycles. The van der Waals surface area contributed by atoms with Crippen molar-refractivity contribution in [1.82, 2.24) is 10.3 Å². The van der Waals surface area contributed by atoms with Crippen molar-refractivity contribution in [2.45, 2.75) is 25.8 Å². The van der Waals surface area contributed by atoms with E-state index in [0.29, 0.717) is 5.75 Å². The van der Waals surface area contributed by atoms with Gasteiger partial charge >= 0.3 is 0 Å². The minimum Gasteiger partial charge on any atom is -0.508 e. The zero-order valence-electron chi connectivity index (χ0n) is 13.1. The fraction of sp³-hybridized carbons (Fsp3) is 0.263. The van der Waals surface area contributed by atoms with Gasteiger partial charge in [-0.2, -0.15) is 0 Å². The van der Waals surface area contributed by atoms with Crippen LogP contribution in [0.2, 0.25) is 0 Å². The van der Waals surface area contributed by atoms with Gasteiger partial charge in [0.1, 0.15) is 5.75 Å². The Hall–Kier alpha value is -1.97. The molecular weight excluding hydrogens is 308 g/mol. The van der Waals surface area contributed by atoms with Crippen LogP contribution in [0, 0.1) is 0 Å². The van der Waals surface area contributed by atoms with Gasteiger partial charge in [-0.1, -0.05) is 25.1 Å². The molecule has 120 valence electrons. The number of hydrogen-bond donors (Lipinski definition) is 3. The standard InChI is InChI=1S/C19H20N2O.ClH/c1-2-12-6-7-17-16(10-12)15-8-9-20-18(19(15)21-17)13-4-3-5-14(22)11-13;/h3-7,10-11,18,20-22H,2,8-9H2,1H3;1H. The second kappa shape index (κ2) is 6.26. The van der Waals surface area contributed by atoms with Gasteiger partial charge in [0.25, 0.3) is 0 Å². The molecule has 0 fully saturated rings. The van der Waals surface area contributed by atoms with Crippen molar-refractivity contribution in [3.05, 3.63) is 64.8 Å². The first kappa shape index (κ1) is 15.9. The molecule has 1 unspecified atom stereocenters. The Balaban J connectivity index is 0.00000156. The Labute approximate surface area is 142 Å². The average molecular weight is 329 g/mol. The van der Waals surface area contributed by atoms with Crippen LogP contribution in [0.4, 0.5) is 0 Å². The minimum absolute atomic E-state index is 0. The van der Waals surface area contributed by atoms with Crippen LogP contribution in [-0.4, -0.2) is 16.6 Å². The van der Waals surface area contributed by atoms with Crippen molar-refractivity contribution in [3.8, 4) is 5.75 Å². The van der Waals surface area contributed by atoms with Crippen LogP contribution in [0.1, 0.15) is 35.3 Å². The maximum absolute atomic E-state index is 9.76. The molecule has 1 atom stereocenters. The topological polar surface area (TPSA) is 48.0 Å². The summed E-state index contributed by atoms with van der Waals surface area (Å²) in [6.45, 7) is 3.15. The molecule has 23 heavy (non-hydrogen) atoms. The highest BCUT2D eigenvalue weighted by molar-refractivity contribution is 5.86. The maximum Gasteiger partial charge on any atom is 0.115 e. The van der Waals surface area contributed by atoms with Crippen molar-refractivity contribution < 1.29 is 5.11 Å². The van der Waals surface area contributed by atoms with Crippen molar-refractivity contribution in [2.75, 3.05) is 6.54 Å². The van der Waals surface area contributed by atoms with Crippen LogP contribution < -0.4 is 5.32 Å². The lowest BCUT2D eigenvalue weighted by molar-refractivity contribution is 0.472. The first-order chi connectivity index (χ1) is 10.8. The Kier molecular flexibility index (Phi) is 4.33. The molecule has 4 rings (SSSR count). The highest BCUT2D eigenvalue weighted by Crippen LogP contribution is 2.34. The number of fused-ring (bicyclic) bond motifs is 3. The smallest absolute Gasteiger partial charge is 0.115 e. The number of rotatable bonds is 2. The fourth-order valence-electron chi connectivity index (χ4n) is 3.48. The number of nitrogens with one attached hydrogen (secondary N) is 2. The van der Waals surface area contributed by atoms with Gasteiger partial charge in [-0.3, -0.25) is 0 Å². The van der Waals surface area contributed by atoms with E-state index in [2.05, 4.69) is 41.5 Å². The zero-order chi connectivity index (χ0) is 15.1. The number of H-pyrrole nitrogens is 1. The van der Waals surface area contributed by atoms with E-state index in [0.717, 1.165) is 24.9 Å². The number of halogens is 1. The lowest BCUT2D eigenvalue weighted by atomic mass is 9.94. The molecule has 2 aromatic carbocycles. The summed E-state index contributed by atoms with van der Waals surface area (Å²) in [4.78, 5) is 3.59. The second-order valence-corrected chi connectivity index (χ2v) is 5.98. The third kappa shape index (κ3) is 2.71. The highest BCUT2D eigenvalue weighted by atomic mass is 35.5. The van der Waals surface area contributed by atoms with Crippen molar-refractivity contribution >= 4 is 23.3 Å². The van der Waals surface area contributed by atoms with Gasteiger partial charge in [-0.15, -0.1) is 12.4 Å². The SMILES string of the molecule is CCc1ccc2[nH]c3c(c2c1)CCNC3c1cccc(O)c1.Cl. The van der Waals surface area contributed by atoms with E-state index in [9.17, 15) is 5.11 Å². The molecule has 0 saturated heterocycles. The van der Waals surface area contributed by atoms with E-state index in [4.69, 9.17) is 0 Å². The van der Waals surface area contributed by atoms with Gasteiger partial charge in [0.05, 0.1) is 6.04 Å². The number of aromatic nitrogens is 1. The van der Waals surface area contributed by atoms with Crippen molar-refractivity contribution in [3.63, 3.8) is 0 Å². The van der Waals surface area contributed by atoms with Crippen LogP contribution in [-0.2, 0) is 12.8 Å². The van der Waals surface area contributed by atoms with Gasteiger partial charge in [0, 0.05) is 23.1 Å². The number of hydrogen-bond acceptors (Lipinski definition) is 2. The van der Waals surface area contributed by atoms with E-state index in [1.54, 1.807) is 6.07 Å². The van der Waals surface area contributed by atoms with E-state index in [-0.39, 0.29) is 18.4 Å². The monoisotopic (exact) mass is 328 g/mol. The largest absolute Gasteiger partial charge is 0.508 e. The van der Waals surface area contributed by atoms with Gasteiger partial charge in [-0.25, -0.2) is 0 Å². The van der Waals surface area contributed by atoms with Crippen LogP contribution in [0.25, 0.3) is 10.9 Å². The fourth-order valence-corrected chi connectivity index (χ4v) is 3.48. The minimum atomic E-state index is 0. The van der Waals surface area contributed by atoms with E-state index in [1.807, 2.05) is 12.1 Å². The van der Waals surface area contributed by atoms with Crippen molar-refractivity contribution in [2.24, 2.45) is 0 Å². The van der Waals surface area contributed by atoms with Gasteiger partial charge < -0.3 is 15.4 Å². The normalized spacial score (nSPS) is 16.8. The Morgan fingerprint density at radius 1 is 1.17 bits per heavy atom. The number of aromatic hydroxyl groups is 1. The molecule has 0 spiro atoms. The molecule has 1 aliphatic heterocycles. The predicted molar refractivity (Wildman–Crippen MR) is 96.6 cm³/mol. The third-order valence-corrected chi connectivity index (χ3v) is 4.63. The van der Waals surface area contributed by atoms with Crippen LogP contribution in [0.15, 0.2) is 42.5 Å². The number of phenols is 1. The first-order valence-corrected chi connectivity index (χ1v) is 7.92. The number of benzene rings is 2. The quantitative estimate of drug-likeness (QED) is 0.663. The van der Waals surface area contributed by atoms with Crippen molar-refractivity contribution in [1.29, 1.82) is 0 Å². The second-order valence-electron chi connectivity index (χ2n) is 5.98.